The van der Waals surface area contributed by atoms with E-state index in [1.165, 1.54) is 0 Å². The lowest BCUT2D eigenvalue weighted by Crippen LogP contribution is -2.25. The lowest BCUT2D eigenvalue weighted by Gasteiger charge is -2.15. The average Bonchev–Trinajstić information content (AvgIpc) is 3.17. The maximum Gasteiger partial charge on any atom is 0.222 e. The van der Waals surface area contributed by atoms with Crippen molar-refractivity contribution in [1.82, 2.24) is 20.1 Å². The van der Waals surface area contributed by atoms with Gasteiger partial charge >= 0.3 is 0 Å². The quantitative estimate of drug-likeness (QED) is 0.329. The highest BCUT2D eigenvalue weighted by atomic mass is 79.9. The lowest BCUT2D eigenvalue weighted by molar-refractivity contribution is -0.121. The van der Waals surface area contributed by atoms with Crippen LogP contribution in [0.2, 0.25) is 5.02 Å². The van der Waals surface area contributed by atoms with Crippen molar-refractivity contribution in [3.05, 3.63) is 99.0 Å². The minimum atomic E-state index is -0.491. The molecule has 0 radical (unpaired) electrons. The van der Waals surface area contributed by atoms with Crippen LogP contribution in [0.4, 0.5) is 0 Å². The standard InChI is InChI=1S/C27H23BrClN5O/c1-3-30-25(35)15-23-27-33-32-16(2)34(27)24-12-9-19(18-5-4-6-20(28)13-18)14-22(24)26(31-23)17-7-10-21(29)11-8-17/h4-14,23H,3,15H2,1-2H3,(H,30,35)/t23-/m0/s1. The number of hydrogen-bond donors (Lipinski definition) is 1. The topological polar surface area (TPSA) is 72.2 Å². The van der Waals surface area contributed by atoms with E-state index in [9.17, 15) is 4.79 Å². The van der Waals surface area contributed by atoms with E-state index in [0.717, 1.165) is 44.0 Å². The Morgan fingerprint density at radius 2 is 1.77 bits per heavy atom. The number of carbonyl (C=O) groups excluding carboxylic acids is 1. The molecule has 0 spiro atoms. The van der Waals surface area contributed by atoms with Crippen molar-refractivity contribution < 1.29 is 4.79 Å². The van der Waals surface area contributed by atoms with E-state index in [4.69, 9.17) is 16.6 Å². The summed E-state index contributed by atoms with van der Waals surface area (Å²) in [7, 11) is 0. The number of aliphatic imine (C=N–C) groups is 1. The van der Waals surface area contributed by atoms with Gasteiger partial charge in [0.2, 0.25) is 5.91 Å². The van der Waals surface area contributed by atoms with Gasteiger partial charge in [0.15, 0.2) is 5.82 Å². The minimum absolute atomic E-state index is 0.0790. The number of fused-ring (bicyclic) bond motifs is 3. The second-order valence-electron chi connectivity index (χ2n) is 8.34. The number of nitrogens with one attached hydrogen (secondary N) is 1. The molecule has 6 nitrogen and oxygen atoms in total. The summed E-state index contributed by atoms with van der Waals surface area (Å²) in [6.07, 6.45) is 0.176. The van der Waals surface area contributed by atoms with Gasteiger partial charge in [-0.2, -0.15) is 0 Å². The van der Waals surface area contributed by atoms with Crippen LogP contribution in [0.3, 0.4) is 0 Å². The SMILES string of the molecule is CCNC(=O)C[C@@H]1N=C(c2ccc(Cl)cc2)c2cc(-c3cccc(Br)c3)ccc2-n2c(C)nnc21. The number of nitrogens with zero attached hydrogens (tertiary/aromatic N) is 4. The summed E-state index contributed by atoms with van der Waals surface area (Å²) in [5.41, 5.74) is 5.70. The zero-order valence-electron chi connectivity index (χ0n) is 19.3. The second-order valence-corrected chi connectivity index (χ2v) is 9.69. The predicted molar refractivity (Wildman–Crippen MR) is 142 cm³/mol. The van der Waals surface area contributed by atoms with Crippen LogP contribution in [0.15, 0.2) is 76.2 Å². The molecule has 0 fully saturated rings. The summed E-state index contributed by atoms with van der Waals surface area (Å²) in [6.45, 7) is 4.37. The number of carbonyl (C=O) groups is 1. The Labute approximate surface area is 217 Å². The fourth-order valence-corrected chi connectivity index (χ4v) is 4.89. The van der Waals surface area contributed by atoms with Crippen LogP contribution in [0.1, 0.15) is 42.2 Å². The maximum absolute atomic E-state index is 12.6. The van der Waals surface area contributed by atoms with E-state index < -0.39 is 6.04 Å². The van der Waals surface area contributed by atoms with Crippen LogP contribution in [0.5, 0.6) is 0 Å². The number of amides is 1. The van der Waals surface area contributed by atoms with Crippen LogP contribution in [-0.4, -0.2) is 32.9 Å². The van der Waals surface area contributed by atoms with Gasteiger partial charge < -0.3 is 5.32 Å². The van der Waals surface area contributed by atoms with Crippen LogP contribution < -0.4 is 5.32 Å². The van der Waals surface area contributed by atoms with Gasteiger partial charge in [-0.25, -0.2) is 0 Å². The van der Waals surface area contributed by atoms with E-state index >= 15 is 0 Å². The first-order chi connectivity index (χ1) is 16.9. The largest absolute Gasteiger partial charge is 0.356 e. The van der Waals surface area contributed by atoms with E-state index in [-0.39, 0.29) is 12.3 Å². The van der Waals surface area contributed by atoms with E-state index in [1.54, 1.807) is 0 Å². The molecule has 1 aromatic heterocycles. The molecule has 1 N–H and O–H groups in total. The molecule has 0 saturated carbocycles. The van der Waals surface area contributed by atoms with E-state index in [2.05, 4.69) is 61.8 Å². The number of aromatic nitrogens is 3. The number of rotatable bonds is 5. The molecule has 1 amide bonds. The van der Waals surface area contributed by atoms with Gasteiger partial charge in [-0.1, -0.05) is 57.9 Å². The van der Waals surface area contributed by atoms with Gasteiger partial charge in [0, 0.05) is 27.2 Å². The smallest absolute Gasteiger partial charge is 0.222 e. The van der Waals surface area contributed by atoms with Crippen LogP contribution in [-0.2, 0) is 4.79 Å². The van der Waals surface area contributed by atoms with Crippen molar-refractivity contribution in [3.8, 4) is 16.8 Å². The van der Waals surface area contributed by atoms with Gasteiger partial charge in [0.1, 0.15) is 11.9 Å². The summed E-state index contributed by atoms with van der Waals surface area (Å²) in [5, 5.41) is 12.3. The van der Waals surface area contributed by atoms with E-state index in [0.29, 0.717) is 17.4 Å². The number of halogens is 2. The third kappa shape index (κ3) is 4.66. The first-order valence-corrected chi connectivity index (χ1v) is 12.5. The monoisotopic (exact) mass is 547 g/mol. The molecule has 0 saturated heterocycles. The highest BCUT2D eigenvalue weighted by Crippen LogP contribution is 2.35. The highest BCUT2D eigenvalue weighted by molar-refractivity contribution is 9.10. The Kier molecular flexibility index (Phi) is 6.54. The van der Waals surface area contributed by atoms with Gasteiger partial charge in [-0.15, -0.1) is 10.2 Å². The lowest BCUT2D eigenvalue weighted by atomic mass is 9.95. The minimum Gasteiger partial charge on any atom is -0.356 e. The van der Waals surface area contributed by atoms with E-state index in [1.807, 2.05) is 54.8 Å². The van der Waals surface area contributed by atoms with Gasteiger partial charge in [-0.05, 0) is 61.4 Å². The molecule has 2 heterocycles. The summed E-state index contributed by atoms with van der Waals surface area (Å²) in [6, 6.07) is 21.6. The summed E-state index contributed by atoms with van der Waals surface area (Å²) in [5.74, 6) is 1.31. The van der Waals surface area contributed by atoms with Crippen molar-refractivity contribution >= 4 is 39.1 Å². The Bertz CT molecular complexity index is 1440. The Balaban J connectivity index is 1.75. The number of benzene rings is 3. The highest BCUT2D eigenvalue weighted by Gasteiger charge is 2.29. The Morgan fingerprint density at radius 3 is 2.51 bits per heavy atom. The maximum atomic E-state index is 12.6. The first kappa shape index (κ1) is 23.5. The molecule has 0 aliphatic carbocycles. The van der Waals surface area contributed by atoms with Crippen molar-refractivity contribution in [1.29, 1.82) is 0 Å². The van der Waals surface area contributed by atoms with Crippen molar-refractivity contribution in [2.24, 2.45) is 4.99 Å². The number of hydrogen-bond acceptors (Lipinski definition) is 4. The second kappa shape index (κ2) is 9.76. The van der Waals surface area contributed by atoms with Gasteiger partial charge in [0.05, 0.1) is 17.8 Å². The Morgan fingerprint density at radius 1 is 1.03 bits per heavy atom. The normalized spacial score (nSPS) is 14.5. The molecule has 1 aliphatic heterocycles. The predicted octanol–water partition coefficient (Wildman–Crippen LogP) is 6.08. The summed E-state index contributed by atoms with van der Waals surface area (Å²) in [4.78, 5) is 17.7. The van der Waals surface area contributed by atoms with Crippen LogP contribution in [0, 0.1) is 6.92 Å². The molecular weight excluding hydrogens is 526 g/mol. The molecule has 176 valence electrons. The fraction of sp³-hybridized carbons (Fsp3) is 0.185. The molecule has 1 atom stereocenters. The third-order valence-corrected chi connectivity index (χ3v) is 6.70. The molecule has 1 aliphatic rings. The van der Waals surface area contributed by atoms with Crippen LogP contribution >= 0.6 is 27.5 Å². The molecule has 5 rings (SSSR count). The molecule has 0 bridgehead atoms. The van der Waals surface area contributed by atoms with Crippen LogP contribution in [0.25, 0.3) is 16.8 Å². The average molecular weight is 549 g/mol. The molecular formula is C27H23BrClN5O. The number of aryl methyl sites for hydroxylation is 1. The van der Waals surface area contributed by atoms with Crippen molar-refractivity contribution in [2.45, 2.75) is 26.3 Å². The molecule has 35 heavy (non-hydrogen) atoms. The summed E-state index contributed by atoms with van der Waals surface area (Å²) >= 11 is 9.77. The zero-order valence-corrected chi connectivity index (χ0v) is 21.6. The van der Waals surface area contributed by atoms with Gasteiger partial charge in [-0.3, -0.25) is 14.4 Å². The zero-order chi connectivity index (χ0) is 24.5. The Hall–Kier alpha value is -3.29. The van der Waals surface area contributed by atoms with Gasteiger partial charge in [0.25, 0.3) is 0 Å². The molecule has 8 heteroatoms. The van der Waals surface area contributed by atoms with Crippen molar-refractivity contribution in [3.63, 3.8) is 0 Å². The molecule has 4 aromatic rings. The molecule has 3 aromatic carbocycles. The molecule has 0 unspecified atom stereocenters. The third-order valence-electron chi connectivity index (χ3n) is 5.95. The first-order valence-electron chi connectivity index (χ1n) is 11.4. The van der Waals surface area contributed by atoms with Crippen molar-refractivity contribution in [2.75, 3.05) is 6.54 Å². The summed E-state index contributed by atoms with van der Waals surface area (Å²) < 4.78 is 3.02. The fourth-order valence-electron chi connectivity index (χ4n) is 4.36.